The molecule has 0 bridgehead atoms. The molecule has 0 aliphatic carbocycles. The van der Waals surface area contributed by atoms with E-state index in [1.165, 1.54) is 10.9 Å². The molecule has 0 saturated heterocycles. The molecular formula is C19H19Cl2N3O. The van der Waals surface area contributed by atoms with Crippen molar-refractivity contribution >= 4 is 45.7 Å². The molecule has 130 valence electrons. The Balaban J connectivity index is 1.41. The number of anilines is 1. The lowest BCUT2D eigenvalue weighted by molar-refractivity contribution is -0.120. The lowest BCUT2D eigenvalue weighted by Crippen LogP contribution is -2.27. The molecule has 0 atom stereocenters. The predicted molar refractivity (Wildman–Crippen MR) is 105 cm³/mol. The molecule has 4 nitrogen and oxygen atoms in total. The van der Waals surface area contributed by atoms with Crippen LogP contribution >= 0.6 is 23.2 Å². The normalized spacial score (nSPS) is 10.8. The van der Waals surface area contributed by atoms with Crippen molar-refractivity contribution in [3.05, 3.63) is 64.3 Å². The summed E-state index contributed by atoms with van der Waals surface area (Å²) in [6.07, 6.45) is 3.18. The minimum Gasteiger partial charge on any atom is -0.383 e. The second-order valence-corrected chi connectivity index (χ2v) is 6.60. The molecule has 0 aliphatic rings. The molecular weight excluding hydrogens is 357 g/mol. The molecule has 3 aromatic rings. The molecule has 0 unspecified atom stereocenters. The number of amides is 1. The smallest absolute Gasteiger partial charge is 0.221 e. The maximum Gasteiger partial charge on any atom is 0.221 e. The number of benzene rings is 2. The Morgan fingerprint density at radius 1 is 1.08 bits per heavy atom. The van der Waals surface area contributed by atoms with Gasteiger partial charge in [0.25, 0.3) is 0 Å². The fourth-order valence-corrected chi connectivity index (χ4v) is 3.18. The minimum atomic E-state index is 0.0115. The van der Waals surface area contributed by atoms with Crippen LogP contribution in [0.15, 0.2) is 48.7 Å². The zero-order valence-electron chi connectivity index (χ0n) is 13.6. The molecule has 0 spiro atoms. The van der Waals surface area contributed by atoms with Gasteiger partial charge in [0.2, 0.25) is 5.91 Å². The molecule has 0 radical (unpaired) electrons. The molecule has 2 aromatic carbocycles. The van der Waals surface area contributed by atoms with Crippen LogP contribution in [-0.4, -0.2) is 24.0 Å². The van der Waals surface area contributed by atoms with E-state index < -0.39 is 0 Å². The van der Waals surface area contributed by atoms with Crippen molar-refractivity contribution in [2.45, 2.75) is 12.8 Å². The van der Waals surface area contributed by atoms with E-state index >= 15 is 0 Å². The highest BCUT2D eigenvalue weighted by atomic mass is 35.5. The number of aromatic amines is 1. The van der Waals surface area contributed by atoms with Gasteiger partial charge in [-0.25, -0.2) is 0 Å². The van der Waals surface area contributed by atoms with E-state index in [1.807, 2.05) is 24.4 Å². The van der Waals surface area contributed by atoms with E-state index in [-0.39, 0.29) is 5.91 Å². The average Bonchev–Trinajstić information content (AvgIpc) is 3.00. The molecule has 0 saturated carbocycles. The van der Waals surface area contributed by atoms with Crippen LogP contribution in [0.5, 0.6) is 0 Å². The van der Waals surface area contributed by atoms with Crippen molar-refractivity contribution < 1.29 is 4.79 Å². The Kier molecular flexibility index (Phi) is 5.84. The van der Waals surface area contributed by atoms with Crippen LogP contribution in [0, 0.1) is 0 Å². The first-order valence-electron chi connectivity index (χ1n) is 8.14. The zero-order chi connectivity index (χ0) is 17.6. The number of aromatic nitrogens is 1. The topological polar surface area (TPSA) is 56.9 Å². The number of rotatable bonds is 7. The quantitative estimate of drug-likeness (QED) is 0.563. The van der Waals surface area contributed by atoms with Crippen LogP contribution in [-0.2, 0) is 11.2 Å². The van der Waals surface area contributed by atoms with Crippen LogP contribution in [0.4, 0.5) is 5.69 Å². The summed E-state index contributed by atoms with van der Waals surface area (Å²) in [5.41, 5.74) is 3.10. The first kappa shape index (κ1) is 17.6. The Morgan fingerprint density at radius 2 is 1.92 bits per heavy atom. The fraction of sp³-hybridized carbons (Fsp3) is 0.211. The van der Waals surface area contributed by atoms with Gasteiger partial charge in [-0.15, -0.1) is 0 Å². The number of halogens is 2. The number of H-pyrrole nitrogens is 1. The van der Waals surface area contributed by atoms with E-state index in [0.29, 0.717) is 29.6 Å². The van der Waals surface area contributed by atoms with E-state index in [4.69, 9.17) is 23.2 Å². The van der Waals surface area contributed by atoms with Gasteiger partial charge in [-0.05, 0) is 36.2 Å². The number of nitrogens with one attached hydrogen (secondary N) is 3. The molecule has 0 fully saturated rings. The molecule has 3 N–H and O–H groups in total. The number of hydrogen-bond donors (Lipinski definition) is 3. The van der Waals surface area contributed by atoms with Crippen LogP contribution in [0.3, 0.4) is 0 Å². The Labute approximate surface area is 156 Å². The first-order valence-corrected chi connectivity index (χ1v) is 8.89. The van der Waals surface area contributed by atoms with Crippen molar-refractivity contribution in [1.29, 1.82) is 0 Å². The average molecular weight is 376 g/mol. The van der Waals surface area contributed by atoms with Crippen molar-refractivity contribution in [1.82, 2.24) is 10.3 Å². The van der Waals surface area contributed by atoms with Crippen LogP contribution in [0.1, 0.15) is 12.0 Å². The second kappa shape index (κ2) is 8.28. The molecule has 25 heavy (non-hydrogen) atoms. The Bertz CT molecular complexity index is 876. The standard InChI is InChI=1S/C19H19Cl2N3O/c20-14-5-6-18(16(21)11-14)22-10-8-19(25)23-9-7-13-12-24-17-4-2-1-3-15(13)17/h1-6,11-12,22,24H,7-10H2,(H,23,25). The lowest BCUT2D eigenvalue weighted by atomic mass is 10.1. The second-order valence-electron chi connectivity index (χ2n) is 5.76. The van der Waals surface area contributed by atoms with Gasteiger partial charge >= 0.3 is 0 Å². The summed E-state index contributed by atoms with van der Waals surface area (Å²) in [7, 11) is 0. The summed E-state index contributed by atoms with van der Waals surface area (Å²) in [6, 6.07) is 13.4. The molecule has 1 aromatic heterocycles. The monoisotopic (exact) mass is 375 g/mol. The number of hydrogen-bond acceptors (Lipinski definition) is 2. The zero-order valence-corrected chi connectivity index (χ0v) is 15.1. The van der Waals surface area contributed by atoms with Gasteiger partial charge in [0.15, 0.2) is 0 Å². The maximum absolute atomic E-state index is 12.0. The number of para-hydroxylation sites is 1. The molecule has 6 heteroatoms. The molecule has 1 amide bonds. The third kappa shape index (κ3) is 4.68. The first-order chi connectivity index (χ1) is 12.1. The Morgan fingerprint density at radius 3 is 2.76 bits per heavy atom. The third-order valence-corrected chi connectivity index (χ3v) is 4.54. The number of carbonyl (C=O) groups excluding carboxylic acids is 1. The van der Waals surface area contributed by atoms with Gasteiger partial charge in [-0.3, -0.25) is 4.79 Å². The summed E-state index contributed by atoms with van der Waals surface area (Å²) in [5.74, 6) is 0.0115. The van der Waals surface area contributed by atoms with Crippen molar-refractivity contribution in [3.63, 3.8) is 0 Å². The summed E-state index contributed by atoms with van der Waals surface area (Å²) in [6.45, 7) is 1.13. The van der Waals surface area contributed by atoms with Gasteiger partial charge in [-0.2, -0.15) is 0 Å². The third-order valence-electron chi connectivity index (χ3n) is 3.99. The predicted octanol–water partition coefficient (Wildman–Crippen LogP) is 4.64. The van der Waals surface area contributed by atoms with Crippen molar-refractivity contribution in [3.8, 4) is 0 Å². The van der Waals surface area contributed by atoms with E-state index in [1.54, 1.807) is 18.2 Å². The van der Waals surface area contributed by atoms with Gasteiger partial charge in [-0.1, -0.05) is 41.4 Å². The number of fused-ring (bicyclic) bond motifs is 1. The lowest BCUT2D eigenvalue weighted by Gasteiger charge is -2.09. The van der Waals surface area contributed by atoms with Gasteiger partial charge in [0.1, 0.15) is 0 Å². The Hall–Kier alpha value is -2.17. The van der Waals surface area contributed by atoms with Crippen LogP contribution < -0.4 is 10.6 Å². The summed E-state index contributed by atoms with van der Waals surface area (Å²) < 4.78 is 0. The van der Waals surface area contributed by atoms with Crippen molar-refractivity contribution in [2.24, 2.45) is 0 Å². The van der Waals surface area contributed by atoms with E-state index in [0.717, 1.165) is 17.6 Å². The minimum absolute atomic E-state index is 0.0115. The van der Waals surface area contributed by atoms with Gasteiger partial charge in [0.05, 0.1) is 10.7 Å². The molecule has 3 rings (SSSR count). The summed E-state index contributed by atoms with van der Waals surface area (Å²) >= 11 is 11.9. The van der Waals surface area contributed by atoms with Gasteiger partial charge < -0.3 is 15.6 Å². The fourth-order valence-electron chi connectivity index (χ4n) is 2.71. The highest BCUT2D eigenvalue weighted by Crippen LogP contribution is 2.25. The SMILES string of the molecule is O=C(CCNc1ccc(Cl)cc1Cl)NCCc1c[nH]c2ccccc12. The highest BCUT2D eigenvalue weighted by Gasteiger charge is 2.06. The maximum atomic E-state index is 12.0. The van der Waals surface area contributed by atoms with E-state index in [2.05, 4.69) is 21.7 Å². The van der Waals surface area contributed by atoms with Gasteiger partial charge in [0, 0.05) is 41.6 Å². The van der Waals surface area contributed by atoms with E-state index in [9.17, 15) is 4.79 Å². The molecule has 0 aliphatic heterocycles. The summed E-state index contributed by atoms with van der Waals surface area (Å²) in [4.78, 5) is 15.2. The number of carbonyl (C=O) groups is 1. The van der Waals surface area contributed by atoms with Crippen LogP contribution in [0.25, 0.3) is 10.9 Å². The van der Waals surface area contributed by atoms with Crippen LogP contribution in [0.2, 0.25) is 10.0 Å². The largest absolute Gasteiger partial charge is 0.383 e. The molecule has 1 heterocycles. The highest BCUT2D eigenvalue weighted by molar-refractivity contribution is 6.36. The van der Waals surface area contributed by atoms with Crippen molar-refractivity contribution in [2.75, 3.05) is 18.4 Å². The summed E-state index contributed by atoms with van der Waals surface area (Å²) in [5, 5.41) is 8.43.